The van der Waals surface area contributed by atoms with Crippen LogP contribution in [0.3, 0.4) is 0 Å². The van der Waals surface area contributed by atoms with E-state index in [-0.39, 0.29) is 5.96 Å². The van der Waals surface area contributed by atoms with Crippen LogP contribution in [0.15, 0.2) is 75.3 Å². The van der Waals surface area contributed by atoms with Crippen LogP contribution in [-0.4, -0.2) is 5.96 Å². The Hall–Kier alpha value is -3.08. The Morgan fingerprint density at radius 1 is 0.905 bits per heavy atom. The van der Waals surface area contributed by atoms with Gasteiger partial charge in [0.15, 0.2) is 0 Å². The summed E-state index contributed by atoms with van der Waals surface area (Å²) >= 11 is 0. The lowest BCUT2D eigenvalue weighted by Gasteiger charge is -2.04. The highest BCUT2D eigenvalue weighted by atomic mass is 16.3. The third-order valence-corrected chi connectivity index (χ3v) is 2.98. The van der Waals surface area contributed by atoms with E-state index in [4.69, 9.17) is 15.9 Å². The number of hydrogen-bond acceptors (Lipinski definition) is 3. The minimum Gasteiger partial charge on any atom is -0.456 e. The molecule has 4 N–H and O–H groups in total. The Balaban J connectivity index is 2.30. The summed E-state index contributed by atoms with van der Waals surface area (Å²) in [6.07, 6.45) is 0. The number of nitrogens with zero attached hydrogens (tertiary/aromatic N) is 2. The van der Waals surface area contributed by atoms with Crippen LogP contribution in [0.4, 0.5) is 0 Å². The van der Waals surface area contributed by atoms with Crippen LogP contribution in [0.25, 0.3) is 22.3 Å². The second-order valence-corrected chi connectivity index (χ2v) is 4.48. The van der Waals surface area contributed by atoms with Gasteiger partial charge in [-0.15, -0.1) is 10.2 Å². The van der Waals surface area contributed by atoms with E-state index < -0.39 is 0 Å². The summed E-state index contributed by atoms with van der Waals surface area (Å²) in [6.45, 7) is 0. The van der Waals surface area contributed by atoms with Gasteiger partial charge in [0.05, 0.1) is 0 Å². The van der Waals surface area contributed by atoms with Crippen LogP contribution in [0.5, 0.6) is 0 Å². The highest BCUT2D eigenvalue weighted by Crippen LogP contribution is 2.21. The smallest absolute Gasteiger partial charge is 0.211 e. The lowest BCUT2D eigenvalue weighted by Crippen LogP contribution is -2.22. The second-order valence-electron chi connectivity index (χ2n) is 4.48. The standard InChI is InChI=1S/C16H14N4O/c17-16(18)20-19-13-10-15(11-6-2-1-3-7-11)21-14-9-5-4-8-12(13)14/h1-10H,(H4,17,18,20)/b19-13-. The molecule has 1 aromatic heterocycles. The fraction of sp³-hybridized carbons (Fsp3) is 0. The van der Waals surface area contributed by atoms with Crippen LogP contribution >= 0.6 is 0 Å². The maximum absolute atomic E-state index is 5.92. The molecule has 3 rings (SSSR count). The average molecular weight is 278 g/mol. The number of benzene rings is 2. The van der Waals surface area contributed by atoms with Crippen molar-refractivity contribution in [1.29, 1.82) is 0 Å². The Morgan fingerprint density at radius 2 is 1.62 bits per heavy atom. The molecule has 0 amide bonds. The summed E-state index contributed by atoms with van der Waals surface area (Å²) in [5.41, 5.74) is 12.4. The largest absolute Gasteiger partial charge is 0.456 e. The van der Waals surface area contributed by atoms with Crippen LogP contribution < -0.4 is 16.8 Å². The van der Waals surface area contributed by atoms with Crippen molar-refractivity contribution in [3.8, 4) is 11.3 Å². The van der Waals surface area contributed by atoms with Crippen molar-refractivity contribution >= 4 is 16.9 Å². The molecule has 3 aromatic rings. The summed E-state index contributed by atoms with van der Waals surface area (Å²) in [5, 5.41) is 9.34. The summed E-state index contributed by atoms with van der Waals surface area (Å²) in [7, 11) is 0. The first-order valence-electron chi connectivity index (χ1n) is 6.45. The highest BCUT2D eigenvalue weighted by Gasteiger charge is 2.05. The molecule has 0 unspecified atom stereocenters. The molecular weight excluding hydrogens is 264 g/mol. The number of hydrogen-bond donors (Lipinski definition) is 2. The van der Waals surface area contributed by atoms with Crippen LogP contribution in [0.1, 0.15) is 0 Å². The van der Waals surface area contributed by atoms with E-state index in [0.717, 1.165) is 16.5 Å². The number of para-hydroxylation sites is 1. The first-order chi connectivity index (χ1) is 10.2. The summed E-state index contributed by atoms with van der Waals surface area (Å²) < 4.78 is 5.92. The Bertz CT molecular complexity index is 862. The third kappa shape index (κ3) is 2.76. The molecule has 0 aliphatic heterocycles. The van der Waals surface area contributed by atoms with Gasteiger partial charge in [0, 0.05) is 17.0 Å². The van der Waals surface area contributed by atoms with Crippen LogP contribution in [-0.2, 0) is 0 Å². The van der Waals surface area contributed by atoms with Crippen molar-refractivity contribution in [2.45, 2.75) is 0 Å². The molecule has 0 aliphatic carbocycles. The maximum Gasteiger partial charge on any atom is 0.211 e. The molecule has 21 heavy (non-hydrogen) atoms. The van der Waals surface area contributed by atoms with Crippen LogP contribution in [0.2, 0.25) is 0 Å². The van der Waals surface area contributed by atoms with Gasteiger partial charge in [-0.3, -0.25) is 0 Å². The predicted octanol–water partition coefficient (Wildman–Crippen LogP) is 2.19. The summed E-state index contributed by atoms with van der Waals surface area (Å²) in [4.78, 5) is 0. The number of guanidine groups is 1. The van der Waals surface area contributed by atoms with E-state index in [1.807, 2.05) is 60.7 Å². The lowest BCUT2D eigenvalue weighted by atomic mass is 10.1. The molecule has 5 nitrogen and oxygen atoms in total. The van der Waals surface area contributed by atoms with Gasteiger partial charge < -0.3 is 15.9 Å². The topological polar surface area (TPSA) is 89.9 Å². The fourth-order valence-electron chi connectivity index (χ4n) is 2.06. The lowest BCUT2D eigenvalue weighted by molar-refractivity contribution is 0.618. The van der Waals surface area contributed by atoms with Gasteiger partial charge in [-0.2, -0.15) is 0 Å². The first kappa shape index (κ1) is 12.9. The minimum absolute atomic E-state index is 0.0823. The molecule has 5 heteroatoms. The van der Waals surface area contributed by atoms with E-state index in [1.54, 1.807) is 0 Å². The third-order valence-electron chi connectivity index (χ3n) is 2.98. The number of nitrogens with two attached hydrogens (primary N) is 2. The molecule has 0 radical (unpaired) electrons. The zero-order valence-corrected chi connectivity index (χ0v) is 11.2. The number of fused-ring (bicyclic) bond motifs is 1. The van der Waals surface area contributed by atoms with E-state index in [1.165, 1.54) is 0 Å². The summed E-state index contributed by atoms with van der Waals surface area (Å²) in [6, 6.07) is 19.2. The first-order valence-corrected chi connectivity index (χ1v) is 6.45. The minimum atomic E-state index is -0.0823. The number of rotatable bonds is 2. The van der Waals surface area contributed by atoms with Crippen molar-refractivity contribution < 1.29 is 4.42 Å². The van der Waals surface area contributed by atoms with Gasteiger partial charge in [-0.1, -0.05) is 42.5 Å². The molecule has 0 fully saturated rings. The second kappa shape index (κ2) is 5.50. The van der Waals surface area contributed by atoms with E-state index >= 15 is 0 Å². The SMILES string of the molecule is NC(N)=N/N=c1/cc(-c2ccccc2)oc2ccccc12. The molecule has 0 aliphatic rings. The molecular formula is C16H14N4O. The monoisotopic (exact) mass is 278 g/mol. The molecule has 0 saturated heterocycles. The molecule has 1 heterocycles. The molecule has 104 valence electrons. The zero-order chi connectivity index (χ0) is 14.7. The van der Waals surface area contributed by atoms with Gasteiger partial charge in [-0.25, -0.2) is 0 Å². The van der Waals surface area contributed by atoms with Crippen molar-refractivity contribution in [3.05, 3.63) is 66.0 Å². The van der Waals surface area contributed by atoms with Gasteiger partial charge >= 0.3 is 0 Å². The molecule has 0 bridgehead atoms. The quantitative estimate of drug-likeness (QED) is 0.427. The Kier molecular flexibility index (Phi) is 3.39. The molecule has 2 aromatic carbocycles. The van der Waals surface area contributed by atoms with Gasteiger partial charge in [-0.05, 0) is 12.1 Å². The normalized spacial score (nSPS) is 11.5. The Labute approximate surface area is 121 Å². The molecule has 0 saturated carbocycles. The van der Waals surface area contributed by atoms with Gasteiger partial charge in [0.25, 0.3) is 0 Å². The van der Waals surface area contributed by atoms with E-state index in [9.17, 15) is 0 Å². The Morgan fingerprint density at radius 3 is 2.38 bits per heavy atom. The zero-order valence-electron chi connectivity index (χ0n) is 11.2. The van der Waals surface area contributed by atoms with Crippen molar-refractivity contribution in [1.82, 2.24) is 0 Å². The fourth-order valence-corrected chi connectivity index (χ4v) is 2.06. The van der Waals surface area contributed by atoms with Crippen molar-refractivity contribution in [2.75, 3.05) is 0 Å². The molecule has 0 spiro atoms. The van der Waals surface area contributed by atoms with E-state index in [2.05, 4.69) is 10.2 Å². The van der Waals surface area contributed by atoms with Crippen molar-refractivity contribution in [3.63, 3.8) is 0 Å². The van der Waals surface area contributed by atoms with Crippen molar-refractivity contribution in [2.24, 2.45) is 21.7 Å². The van der Waals surface area contributed by atoms with Gasteiger partial charge in [0.2, 0.25) is 5.96 Å². The maximum atomic E-state index is 5.92. The summed E-state index contributed by atoms with van der Waals surface area (Å²) in [5.74, 6) is 0.625. The van der Waals surface area contributed by atoms with E-state index in [0.29, 0.717) is 11.1 Å². The predicted molar refractivity (Wildman–Crippen MR) is 83.0 cm³/mol. The highest BCUT2D eigenvalue weighted by molar-refractivity contribution is 5.78. The van der Waals surface area contributed by atoms with Crippen LogP contribution in [0, 0.1) is 0 Å². The van der Waals surface area contributed by atoms with Gasteiger partial charge in [0.1, 0.15) is 16.7 Å². The average Bonchev–Trinajstić information content (AvgIpc) is 2.53. The molecule has 0 atom stereocenters.